The lowest BCUT2D eigenvalue weighted by molar-refractivity contribution is 0.205. The van der Waals surface area contributed by atoms with E-state index in [2.05, 4.69) is 16.7 Å². The van der Waals surface area contributed by atoms with Gasteiger partial charge in [-0.25, -0.2) is 4.39 Å². The maximum atomic E-state index is 13.6. The van der Waals surface area contributed by atoms with Gasteiger partial charge in [-0.3, -0.25) is 4.90 Å². The Morgan fingerprint density at radius 3 is 2.95 bits per heavy atom. The van der Waals surface area contributed by atoms with Crippen LogP contribution in [0.3, 0.4) is 0 Å². The van der Waals surface area contributed by atoms with Crippen molar-refractivity contribution in [1.82, 2.24) is 4.90 Å². The predicted octanol–water partition coefficient (Wildman–Crippen LogP) is 2.12. The minimum atomic E-state index is -0.257. The Labute approximate surface area is 113 Å². The van der Waals surface area contributed by atoms with Gasteiger partial charge in [0.25, 0.3) is 0 Å². The van der Waals surface area contributed by atoms with Crippen LogP contribution in [0.2, 0.25) is 0 Å². The van der Waals surface area contributed by atoms with Crippen LogP contribution in [-0.2, 0) is 6.54 Å². The van der Waals surface area contributed by atoms with E-state index in [4.69, 9.17) is 5.73 Å². The third kappa shape index (κ3) is 2.65. The molecule has 1 saturated heterocycles. The molecule has 100 valence electrons. The lowest BCUT2D eigenvalue weighted by Gasteiger charge is -2.26. The van der Waals surface area contributed by atoms with Crippen molar-refractivity contribution in [2.45, 2.75) is 31.8 Å². The number of likely N-dealkylation sites (tertiary alicyclic amines) is 1. The summed E-state index contributed by atoms with van der Waals surface area (Å²) in [4.78, 5) is 2.53. The molecule has 0 spiro atoms. The number of piperidine rings is 1. The molecule has 0 aromatic heterocycles. The van der Waals surface area contributed by atoms with Crippen LogP contribution in [0.5, 0.6) is 0 Å². The molecule has 1 aromatic carbocycles. The first-order chi connectivity index (χ1) is 9.26. The Kier molecular flexibility index (Phi) is 3.54. The van der Waals surface area contributed by atoms with Gasteiger partial charge in [0.2, 0.25) is 0 Å². The topological polar surface area (TPSA) is 29.3 Å². The van der Waals surface area contributed by atoms with Crippen molar-refractivity contribution in [3.05, 3.63) is 35.1 Å². The van der Waals surface area contributed by atoms with Gasteiger partial charge in [0.1, 0.15) is 5.82 Å². The Hall–Kier alpha value is -1.37. The van der Waals surface area contributed by atoms with Crippen molar-refractivity contribution < 1.29 is 4.39 Å². The summed E-state index contributed by atoms with van der Waals surface area (Å²) in [7, 11) is 0. The quantitative estimate of drug-likeness (QED) is 0.823. The number of hydrogen-bond acceptors (Lipinski definition) is 2. The van der Waals surface area contributed by atoms with E-state index in [-0.39, 0.29) is 12.4 Å². The molecule has 1 saturated carbocycles. The number of nitrogens with two attached hydrogens (primary N) is 1. The summed E-state index contributed by atoms with van der Waals surface area (Å²) in [5.74, 6) is 6.15. The van der Waals surface area contributed by atoms with Gasteiger partial charge in [0, 0.05) is 19.1 Å². The van der Waals surface area contributed by atoms with E-state index in [9.17, 15) is 4.39 Å². The maximum absolute atomic E-state index is 13.6. The minimum Gasteiger partial charge on any atom is -0.320 e. The zero-order chi connectivity index (χ0) is 13.2. The van der Waals surface area contributed by atoms with Crippen molar-refractivity contribution in [2.75, 3.05) is 13.1 Å². The van der Waals surface area contributed by atoms with Crippen molar-refractivity contribution in [1.29, 1.82) is 0 Å². The molecular formula is C16H19FN2. The van der Waals surface area contributed by atoms with Gasteiger partial charge in [-0.05, 0) is 42.9 Å². The summed E-state index contributed by atoms with van der Waals surface area (Å²) in [6.45, 7) is 2.38. The molecule has 1 heterocycles. The standard InChI is InChI=1S/C16H19FN2/c17-16-6-4-12(8-14(16)2-1-7-18)10-19-11-13-3-5-15(19)9-13/h4,6,8,13,15H,3,5,7,9-11,18H2. The van der Waals surface area contributed by atoms with E-state index >= 15 is 0 Å². The fraction of sp³-hybridized carbons (Fsp3) is 0.500. The van der Waals surface area contributed by atoms with E-state index in [1.807, 2.05) is 12.1 Å². The molecule has 2 aliphatic rings. The summed E-state index contributed by atoms with van der Waals surface area (Å²) in [5, 5.41) is 0. The number of fused-ring (bicyclic) bond motifs is 2. The summed E-state index contributed by atoms with van der Waals surface area (Å²) in [6.07, 6.45) is 4.06. The molecule has 1 aromatic rings. The smallest absolute Gasteiger partial charge is 0.138 e. The number of rotatable bonds is 2. The van der Waals surface area contributed by atoms with Gasteiger partial charge in [-0.15, -0.1) is 0 Å². The zero-order valence-electron chi connectivity index (χ0n) is 11.0. The first kappa shape index (κ1) is 12.7. The highest BCUT2D eigenvalue weighted by Gasteiger charge is 2.37. The van der Waals surface area contributed by atoms with Crippen LogP contribution in [0.25, 0.3) is 0 Å². The van der Waals surface area contributed by atoms with E-state index in [1.165, 1.54) is 31.9 Å². The van der Waals surface area contributed by atoms with Gasteiger partial charge < -0.3 is 5.73 Å². The first-order valence-electron chi connectivity index (χ1n) is 6.97. The molecule has 0 radical (unpaired) electrons. The summed E-state index contributed by atoms with van der Waals surface area (Å²) >= 11 is 0. The second-order valence-electron chi connectivity index (χ2n) is 5.58. The van der Waals surface area contributed by atoms with Crippen LogP contribution >= 0.6 is 0 Å². The van der Waals surface area contributed by atoms with E-state index in [1.54, 1.807) is 0 Å². The summed E-state index contributed by atoms with van der Waals surface area (Å²) in [5.41, 5.74) is 6.95. The highest BCUT2D eigenvalue weighted by molar-refractivity contribution is 5.38. The summed E-state index contributed by atoms with van der Waals surface area (Å²) in [6, 6.07) is 6.00. The fourth-order valence-corrected chi connectivity index (χ4v) is 3.37. The van der Waals surface area contributed by atoms with Crippen LogP contribution < -0.4 is 5.73 Å². The van der Waals surface area contributed by atoms with Crippen LogP contribution in [0.1, 0.15) is 30.4 Å². The molecule has 2 nitrogen and oxygen atoms in total. The van der Waals surface area contributed by atoms with Gasteiger partial charge in [-0.1, -0.05) is 17.9 Å². The monoisotopic (exact) mass is 258 g/mol. The van der Waals surface area contributed by atoms with Crippen LogP contribution in [0, 0.1) is 23.6 Å². The van der Waals surface area contributed by atoms with Gasteiger partial charge in [-0.2, -0.15) is 0 Å². The van der Waals surface area contributed by atoms with Crippen LogP contribution in [0.15, 0.2) is 18.2 Å². The predicted molar refractivity (Wildman–Crippen MR) is 73.9 cm³/mol. The molecular weight excluding hydrogens is 239 g/mol. The number of benzene rings is 1. The van der Waals surface area contributed by atoms with Crippen LogP contribution in [0.4, 0.5) is 4.39 Å². The molecule has 2 bridgehead atoms. The Morgan fingerprint density at radius 2 is 2.26 bits per heavy atom. The Balaban J connectivity index is 1.74. The largest absolute Gasteiger partial charge is 0.320 e. The second kappa shape index (κ2) is 5.32. The van der Waals surface area contributed by atoms with Gasteiger partial charge in [0.05, 0.1) is 12.1 Å². The first-order valence-corrected chi connectivity index (χ1v) is 6.97. The SMILES string of the molecule is NCC#Cc1cc(CN2CC3CCC2C3)ccc1F. The average Bonchev–Trinajstić information content (AvgIpc) is 3.01. The molecule has 0 amide bonds. The third-order valence-electron chi connectivity index (χ3n) is 4.26. The number of nitrogens with zero attached hydrogens (tertiary/aromatic N) is 1. The Bertz CT molecular complexity index is 529. The van der Waals surface area contributed by atoms with E-state index < -0.39 is 0 Å². The molecule has 2 fully saturated rings. The lowest BCUT2D eigenvalue weighted by Crippen LogP contribution is -2.31. The molecule has 3 heteroatoms. The number of halogens is 1. The molecule has 19 heavy (non-hydrogen) atoms. The minimum absolute atomic E-state index is 0.257. The summed E-state index contributed by atoms with van der Waals surface area (Å²) < 4.78 is 13.6. The normalized spacial score (nSPS) is 25.4. The van der Waals surface area contributed by atoms with Gasteiger partial charge in [0.15, 0.2) is 0 Å². The third-order valence-corrected chi connectivity index (χ3v) is 4.26. The molecule has 2 atom stereocenters. The molecule has 3 rings (SSSR count). The fourth-order valence-electron chi connectivity index (χ4n) is 3.37. The molecule has 1 aliphatic heterocycles. The van der Waals surface area contributed by atoms with Crippen molar-refractivity contribution in [2.24, 2.45) is 11.7 Å². The highest BCUT2D eigenvalue weighted by Crippen LogP contribution is 2.38. The van der Waals surface area contributed by atoms with Crippen molar-refractivity contribution in [3.63, 3.8) is 0 Å². The van der Waals surface area contributed by atoms with Crippen LogP contribution in [-0.4, -0.2) is 24.0 Å². The van der Waals surface area contributed by atoms with E-state index in [0.29, 0.717) is 5.56 Å². The van der Waals surface area contributed by atoms with E-state index in [0.717, 1.165) is 24.1 Å². The van der Waals surface area contributed by atoms with Crippen molar-refractivity contribution >= 4 is 0 Å². The highest BCUT2D eigenvalue weighted by atomic mass is 19.1. The van der Waals surface area contributed by atoms with Crippen molar-refractivity contribution in [3.8, 4) is 11.8 Å². The second-order valence-corrected chi connectivity index (χ2v) is 5.58. The average molecular weight is 258 g/mol. The molecule has 2 unspecified atom stereocenters. The Morgan fingerprint density at radius 1 is 1.37 bits per heavy atom. The number of hydrogen-bond donors (Lipinski definition) is 1. The maximum Gasteiger partial charge on any atom is 0.138 e. The van der Waals surface area contributed by atoms with Gasteiger partial charge >= 0.3 is 0 Å². The molecule has 2 N–H and O–H groups in total. The molecule has 1 aliphatic carbocycles. The lowest BCUT2D eigenvalue weighted by atomic mass is 10.1. The zero-order valence-corrected chi connectivity index (χ0v) is 11.0.